The second kappa shape index (κ2) is 11.6. The first-order valence-corrected chi connectivity index (χ1v) is 11.3. The van der Waals surface area contributed by atoms with Gasteiger partial charge >= 0.3 is 0 Å². The molecule has 1 aliphatic heterocycles. The van der Waals surface area contributed by atoms with Gasteiger partial charge in [-0.05, 0) is 54.4 Å². The predicted molar refractivity (Wildman–Crippen MR) is 128 cm³/mol. The number of ether oxygens (including phenoxy) is 1. The smallest absolute Gasteiger partial charge is 0.251 e. The van der Waals surface area contributed by atoms with Gasteiger partial charge in [0, 0.05) is 37.1 Å². The van der Waals surface area contributed by atoms with Crippen LogP contribution in [0.4, 0.5) is 15.8 Å². The number of carbonyl (C=O) groups is 3. The Morgan fingerprint density at radius 1 is 1.03 bits per heavy atom. The lowest BCUT2D eigenvalue weighted by molar-refractivity contribution is -0.135. The van der Waals surface area contributed by atoms with Crippen molar-refractivity contribution in [3.05, 3.63) is 59.9 Å². The van der Waals surface area contributed by atoms with Crippen molar-refractivity contribution in [1.82, 2.24) is 10.2 Å². The first-order chi connectivity index (χ1) is 16.2. The molecule has 8 nitrogen and oxygen atoms in total. The number of halogens is 1. The van der Waals surface area contributed by atoms with Gasteiger partial charge in [-0.15, -0.1) is 0 Å². The molecule has 1 unspecified atom stereocenters. The minimum absolute atomic E-state index is 0.167. The molecule has 182 valence electrons. The third-order valence-corrected chi connectivity index (χ3v) is 5.61. The summed E-state index contributed by atoms with van der Waals surface area (Å²) in [5, 5.41) is 5.49. The molecule has 1 atom stereocenters. The lowest BCUT2D eigenvalue weighted by Gasteiger charge is -2.29. The molecule has 3 amide bonds. The molecule has 1 saturated heterocycles. The summed E-state index contributed by atoms with van der Waals surface area (Å²) in [7, 11) is 1.52. The molecular weight excluding hydrogens is 439 g/mol. The van der Waals surface area contributed by atoms with Crippen molar-refractivity contribution in [3.63, 3.8) is 0 Å². The fourth-order valence-corrected chi connectivity index (χ4v) is 3.65. The number of nitrogens with one attached hydrogen (secondary N) is 2. The van der Waals surface area contributed by atoms with Crippen LogP contribution in [-0.4, -0.2) is 68.6 Å². The molecule has 1 aliphatic rings. The van der Waals surface area contributed by atoms with Crippen LogP contribution < -0.4 is 15.5 Å². The molecule has 0 spiro atoms. The SMILES string of the molecule is CC(C)C(NC(=O)c1ccc(F)cc1)C(=O)N(C)CC(=O)Nc1ccc(N2CCOCC2)cc1. The molecule has 9 heteroatoms. The van der Waals surface area contributed by atoms with E-state index in [9.17, 15) is 18.8 Å². The maximum absolute atomic E-state index is 13.1. The number of hydrogen-bond acceptors (Lipinski definition) is 5. The van der Waals surface area contributed by atoms with Gasteiger partial charge in [0.25, 0.3) is 5.91 Å². The van der Waals surface area contributed by atoms with Gasteiger partial charge in [0.05, 0.1) is 19.8 Å². The van der Waals surface area contributed by atoms with E-state index in [-0.39, 0.29) is 29.8 Å². The van der Waals surface area contributed by atoms with E-state index in [1.54, 1.807) is 13.8 Å². The van der Waals surface area contributed by atoms with E-state index in [2.05, 4.69) is 15.5 Å². The van der Waals surface area contributed by atoms with Crippen molar-refractivity contribution in [2.75, 3.05) is 50.1 Å². The standard InChI is InChI=1S/C25H31FN4O4/c1-17(2)23(28-24(32)18-4-6-19(26)7-5-18)25(33)29(3)16-22(31)27-20-8-10-21(11-9-20)30-12-14-34-15-13-30/h4-11,17,23H,12-16H2,1-3H3,(H,27,31)(H,28,32). The van der Waals surface area contributed by atoms with Crippen LogP contribution in [0.2, 0.25) is 0 Å². The number of hydrogen-bond donors (Lipinski definition) is 2. The van der Waals surface area contributed by atoms with E-state index in [0.717, 1.165) is 18.8 Å². The maximum Gasteiger partial charge on any atom is 0.251 e. The molecule has 0 saturated carbocycles. The topological polar surface area (TPSA) is 91.0 Å². The highest BCUT2D eigenvalue weighted by atomic mass is 19.1. The van der Waals surface area contributed by atoms with Crippen LogP contribution in [0.25, 0.3) is 0 Å². The van der Waals surface area contributed by atoms with Gasteiger partial charge in [-0.25, -0.2) is 4.39 Å². The molecule has 0 aliphatic carbocycles. The van der Waals surface area contributed by atoms with Crippen molar-refractivity contribution >= 4 is 29.1 Å². The summed E-state index contributed by atoms with van der Waals surface area (Å²) in [6, 6.07) is 11.8. The molecule has 0 aromatic heterocycles. The number of rotatable bonds is 8. The Kier molecular flexibility index (Phi) is 8.59. The van der Waals surface area contributed by atoms with E-state index < -0.39 is 17.8 Å². The van der Waals surface area contributed by atoms with Crippen LogP contribution in [0.5, 0.6) is 0 Å². The molecule has 2 aromatic carbocycles. The summed E-state index contributed by atoms with van der Waals surface area (Å²) in [4.78, 5) is 41.5. The minimum atomic E-state index is -0.830. The molecule has 34 heavy (non-hydrogen) atoms. The molecule has 2 N–H and O–H groups in total. The van der Waals surface area contributed by atoms with Crippen LogP contribution in [0, 0.1) is 11.7 Å². The second-order valence-corrected chi connectivity index (χ2v) is 8.59. The zero-order valence-corrected chi connectivity index (χ0v) is 19.7. The Morgan fingerprint density at radius 3 is 2.24 bits per heavy atom. The summed E-state index contributed by atoms with van der Waals surface area (Å²) < 4.78 is 18.5. The number of carbonyl (C=O) groups excluding carboxylic acids is 3. The Morgan fingerprint density at radius 2 is 1.65 bits per heavy atom. The van der Waals surface area contributed by atoms with Gasteiger partial charge in [0.2, 0.25) is 11.8 Å². The quantitative estimate of drug-likeness (QED) is 0.619. The summed E-state index contributed by atoms with van der Waals surface area (Å²) >= 11 is 0. The summed E-state index contributed by atoms with van der Waals surface area (Å²) in [5.74, 6) is -1.87. The molecule has 0 bridgehead atoms. The van der Waals surface area contributed by atoms with Gasteiger partial charge < -0.3 is 25.2 Å². The van der Waals surface area contributed by atoms with Crippen molar-refractivity contribution in [2.24, 2.45) is 5.92 Å². The van der Waals surface area contributed by atoms with Crippen molar-refractivity contribution in [2.45, 2.75) is 19.9 Å². The number of nitrogens with zero attached hydrogens (tertiary/aromatic N) is 2. The van der Waals surface area contributed by atoms with Crippen molar-refractivity contribution < 1.29 is 23.5 Å². The highest BCUT2D eigenvalue weighted by Crippen LogP contribution is 2.19. The molecular formula is C25H31FN4O4. The summed E-state index contributed by atoms with van der Waals surface area (Å²) in [6.07, 6.45) is 0. The Balaban J connectivity index is 1.55. The zero-order valence-electron chi connectivity index (χ0n) is 19.7. The number of likely N-dealkylation sites (N-methyl/N-ethyl adjacent to an activating group) is 1. The molecule has 1 fully saturated rings. The van der Waals surface area contributed by atoms with Crippen molar-refractivity contribution in [1.29, 1.82) is 0 Å². The van der Waals surface area contributed by atoms with E-state index in [1.807, 2.05) is 24.3 Å². The third kappa shape index (κ3) is 6.77. The molecule has 1 heterocycles. The number of morpholine rings is 1. The Bertz CT molecular complexity index is 989. The maximum atomic E-state index is 13.1. The fourth-order valence-electron chi connectivity index (χ4n) is 3.65. The highest BCUT2D eigenvalue weighted by molar-refractivity contribution is 5.99. The molecule has 0 radical (unpaired) electrons. The summed E-state index contributed by atoms with van der Waals surface area (Å²) in [5.41, 5.74) is 1.94. The van der Waals surface area contributed by atoms with E-state index in [0.29, 0.717) is 18.9 Å². The lowest BCUT2D eigenvalue weighted by Crippen LogP contribution is -2.51. The predicted octanol–water partition coefficient (Wildman–Crippen LogP) is 2.51. The minimum Gasteiger partial charge on any atom is -0.378 e. The van der Waals surface area contributed by atoms with E-state index in [4.69, 9.17) is 4.74 Å². The average Bonchev–Trinajstić information content (AvgIpc) is 2.83. The van der Waals surface area contributed by atoms with Gasteiger partial charge in [-0.3, -0.25) is 14.4 Å². The van der Waals surface area contributed by atoms with Crippen LogP contribution in [0.15, 0.2) is 48.5 Å². The lowest BCUT2D eigenvalue weighted by atomic mass is 10.0. The number of anilines is 2. The largest absolute Gasteiger partial charge is 0.378 e. The fraction of sp³-hybridized carbons (Fsp3) is 0.400. The number of benzene rings is 2. The Labute approximate surface area is 199 Å². The Hall–Kier alpha value is -3.46. The first kappa shape index (κ1) is 25.2. The van der Waals surface area contributed by atoms with E-state index in [1.165, 1.54) is 36.2 Å². The van der Waals surface area contributed by atoms with Crippen LogP contribution >= 0.6 is 0 Å². The van der Waals surface area contributed by atoms with Crippen molar-refractivity contribution in [3.8, 4) is 0 Å². The zero-order chi connectivity index (χ0) is 24.7. The third-order valence-electron chi connectivity index (χ3n) is 5.61. The van der Waals surface area contributed by atoms with Gasteiger partial charge in [0.15, 0.2) is 0 Å². The van der Waals surface area contributed by atoms with Gasteiger partial charge in [0.1, 0.15) is 11.9 Å². The number of amides is 3. The normalized spacial score (nSPS) is 14.4. The van der Waals surface area contributed by atoms with Gasteiger partial charge in [-0.2, -0.15) is 0 Å². The van der Waals surface area contributed by atoms with Crippen LogP contribution in [-0.2, 0) is 14.3 Å². The highest BCUT2D eigenvalue weighted by Gasteiger charge is 2.28. The second-order valence-electron chi connectivity index (χ2n) is 8.59. The average molecular weight is 471 g/mol. The first-order valence-electron chi connectivity index (χ1n) is 11.3. The monoisotopic (exact) mass is 470 g/mol. The van der Waals surface area contributed by atoms with Gasteiger partial charge in [-0.1, -0.05) is 13.8 Å². The molecule has 2 aromatic rings. The van der Waals surface area contributed by atoms with E-state index >= 15 is 0 Å². The van der Waals surface area contributed by atoms with Crippen LogP contribution in [0.1, 0.15) is 24.2 Å². The van der Waals surface area contributed by atoms with Crippen LogP contribution in [0.3, 0.4) is 0 Å². The molecule has 3 rings (SSSR count). The summed E-state index contributed by atoms with van der Waals surface area (Å²) in [6.45, 7) is 6.48.